The van der Waals surface area contributed by atoms with E-state index in [0.29, 0.717) is 33.7 Å². The topological polar surface area (TPSA) is 77.2 Å². The Balaban J connectivity index is 1.68. The zero-order valence-electron chi connectivity index (χ0n) is 15.2. The molecule has 8 heteroatoms. The molecule has 0 fully saturated rings. The number of Topliss-reactive ketones (excluding diaryl/α,β-unsaturated/α-hetero) is 1. The molecule has 0 amide bonds. The third-order valence-electron chi connectivity index (χ3n) is 4.21. The highest BCUT2D eigenvalue weighted by molar-refractivity contribution is 6.42. The summed E-state index contributed by atoms with van der Waals surface area (Å²) in [7, 11) is 0. The Labute approximate surface area is 172 Å². The third-order valence-corrected chi connectivity index (χ3v) is 4.95. The van der Waals surface area contributed by atoms with Gasteiger partial charge in [-0.3, -0.25) is 4.79 Å². The largest absolute Gasteiger partial charge is 0.491 e. The summed E-state index contributed by atoms with van der Waals surface area (Å²) in [6.45, 7) is 2.45. The second-order valence-electron chi connectivity index (χ2n) is 6.25. The smallest absolute Gasteiger partial charge is 0.189 e. The van der Waals surface area contributed by atoms with Gasteiger partial charge in [0.05, 0.1) is 28.9 Å². The van der Waals surface area contributed by atoms with Gasteiger partial charge in [0.2, 0.25) is 0 Å². The molecule has 1 aromatic heterocycles. The first-order valence-electron chi connectivity index (χ1n) is 8.67. The van der Waals surface area contributed by atoms with Crippen molar-refractivity contribution in [3.8, 4) is 5.75 Å². The number of aliphatic hydroxyl groups is 1. The molecule has 1 heterocycles. The van der Waals surface area contributed by atoms with Crippen molar-refractivity contribution in [3.05, 3.63) is 75.0 Å². The van der Waals surface area contributed by atoms with Crippen molar-refractivity contribution < 1.29 is 14.6 Å². The Hall–Kier alpha value is -2.41. The summed E-state index contributed by atoms with van der Waals surface area (Å²) in [5, 5.41) is 17.9. The number of ketones is 1. The van der Waals surface area contributed by atoms with E-state index >= 15 is 0 Å². The fourth-order valence-corrected chi connectivity index (χ4v) is 3.04. The number of hydrogen-bond acceptors (Lipinski definition) is 5. The lowest BCUT2D eigenvalue weighted by Gasteiger charge is -2.06. The van der Waals surface area contributed by atoms with Crippen molar-refractivity contribution >= 4 is 29.0 Å². The van der Waals surface area contributed by atoms with Gasteiger partial charge < -0.3 is 9.84 Å². The molecule has 0 radical (unpaired) electrons. The van der Waals surface area contributed by atoms with Gasteiger partial charge in [-0.25, -0.2) is 4.68 Å². The maximum atomic E-state index is 12.6. The molecule has 0 spiro atoms. The predicted octanol–water partition coefficient (Wildman–Crippen LogP) is 3.74. The first kappa shape index (κ1) is 20.3. The van der Waals surface area contributed by atoms with E-state index in [4.69, 9.17) is 33.0 Å². The summed E-state index contributed by atoms with van der Waals surface area (Å²) in [5.41, 5.74) is 2.80. The number of benzene rings is 2. The molecule has 0 aliphatic rings. The van der Waals surface area contributed by atoms with Gasteiger partial charge in [0.15, 0.2) is 11.5 Å². The highest BCUT2D eigenvalue weighted by Gasteiger charge is 2.17. The SMILES string of the molecule is Cc1c(C(=O)Cc2ccc(OCCO)cc2)nnn1Cc1ccc(Cl)c(Cl)c1. The molecule has 0 saturated carbocycles. The van der Waals surface area contributed by atoms with E-state index < -0.39 is 0 Å². The predicted molar refractivity (Wildman–Crippen MR) is 107 cm³/mol. The van der Waals surface area contributed by atoms with Gasteiger partial charge in [-0.2, -0.15) is 0 Å². The lowest BCUT2D eigenvalue weighted by molar-refractivity contribution is 0.0987. The average molecular weight is 420 g/mol. The molecule has 0 bridgehead atoms. The van der Waals surface area contributed by atoms with Crippen molar-refractivity contribution in [1.29, 1.82) is 0 Å². The van der Waals surface area contributed by atoms with Crippen LogP contribution in [-0.4, -0.2) is 39.1 Å². The maximum Gasteiger partial charge on any atom is 0.189 e. The van der Waals surface area contributed by atoms with Crippen LogP contribution in [0.1, 0.15) is 27.3 Å². The van der Waals surface area contributed by atoms with Crippen molar-refractivity contribution in [3.63, 3.8) is 0 Å². The van der Waals surface area contributed by atoms with Crippen LogP contribution in [0.5, 0.6) is 5.75 Å². The van der Waals surface area contributed by atoms with E-state index in [9.17, 15) is 4.79 Å². The number of carbonyl (C=O) groups excluding carboxylic acids is 1. The fraction of sp³-hybridized carbons (Fsp3) is 0.250. The summed E-state index contributed by atoms with van der Waals surface area (Å²) in [4.78, 5) is 12.6. The average Bonchev–Trinajstić information content (AvgIpc) is 3.04. The monoisotopic (exact) mass is 419 g/mol. The molecular weight excluding hydrogens is 401 g/mol. The normalized spacial score (nSPS) is 10.9. The van der Waals surface area contributed by atoms with Crippen LogP contribution >= 0.6 is 23.2 Å². The number of aromatic nitrogens is 3. The number of carbonyl (C=O) groups is 1. The number of halogens is 2. The molecule has 146 valence electrons. The maximum absolute atomic E-state index is 12.6. The quantitative estimate of drug-likeness (QED) is 0.562. The Morgan fingerprint density at radius 2 is 1.82 bits per heavy atom. The molecule has 6 nitrogen and oxygen atoms in total. The summed E-state index contributed by atoms with van der Waals surface area (Å²) in [5.74, 6) is 0.538. The number of ether oxygens (including phenoxy) is 1. The number of nitrogens with zero attached hydrogens (tertiary/aromatic N) is 3. The highest BCUT2D eigenvalue weighted by atomic mass is 35.5. The minimum absolute atomic E-state index is 0.0442. The van der Waals surface area contributed by atoms with E-state index in [2.05, 4.69) is 10.3 Å². The minimum Gasteiger partial charge on any atom is -0.491 e. The van der Waals surface area contributed by atoms with Crippen LogP contribution < -0.4 is 4.74 Å². The van der Waals surface area contributed by atoms with Crippen molar-refractivity contribution in [2.75, 3.05) is 13.2 Å². The van der Waals surface area contributed by atoms with Gasteiger partial charge in [0.1, 0.15) is 12.4 Å². The van der Waals surface area contributed by atoms with Gasteiger partial charge in [0.25, 0.3) is 0 Å². The molecule has 3 rings (SSSR count). The lowest BCUT2D eigenvalue weighted by Crippen LogP contribution is -2.08. The summed E-state index contributed by atoms with van der Waals surface area (Å²) < 4.78 is 6.98. The first-order valence-corrected chi connectivity index (χ1v) is 9.43. The molecule has 1 N–H and O–H groups in total. The molecule has 0 aliphatic heterocycles. The Morgan fingerprint density at radius 1 is 1.11 bits per heavy atom. The lowest BCUT2D eigenvalue weighted by atomic mass is 10.1. The summed E-state index contributed by atoms with van der Waals surface area (Å²) in [6, 6.07) is 12.5. The number of hydrogen-bond donors (Lipinski definition) is 1. The zero-order chi connectivity index (χ0) is 20.1. The Morgan fingerprint density at radius 3 is 2.50 bits per heavy atom. The van der Waals surface area contributed by atoms with E-state index in [-0.39, 0.29) is 25.4 Å². The third kappa shape index (κ3) is 4.90. The summed E-state index contributed by atoms with van der Waals surface area (Å²) in [6.07, 6.45) is 0.215. The standard InChI is InChI=1S/C20H19Cl2N3O3/c1-13-20(19(27)11-14-2-5-16(6-3-14)28-9-8-26)23-24-25(13)12-15-4-7-17(21)18(22)10-15/h2-7,10,26H,8-9,11-12H2,1H3. The van der Waals surface area contributed by atoms with Crippen LogP contribution in [0.25, 0.3) is 0 Å². The van der Waals surface area contributed by atoms with Crippen molar-refractivity contribution in [2.24, 2.45) is 0 Å². The number of aliphatic hydroxyl groups excluding tert-OH is 1. The van der Waals surface area contributed by atoms with Crippen molar-refractivity contribution in [2.45, 2.75) is 19.9 Å². The van der Waals surface area contributed by atoms with Crippen LogP contribution in [0.2, 0.25) is 10.0 Å². The van der Waals surface area contributed by atoms with Gasteiger partial charge in [-0.05, 0) is 42.3 Å². The van der Waals surface area contributed by atoms with Gasteiger partial charge in [0, 0.05) is 6.42 Å². The van der Waals surface area contributed by atoms with Crippen LogP contribution in [0.3, 0.4) is 0 Å². The second-order valence-corrected chi connectivity index (χ2v) is 7.06. The van der Waals surface area contributed by atoms with Gasteiger partial charge in [-0.1, -0.05) is 46.6 Å². The highest BCUT2D eigenvalue weighted by Crippen LogP contribution is 2.23. The molecule has 0 unspecified atom stereocenters. The zero-order valence-corrected chi connectivity index (χ0v) is 16.7. The van der Waals surface area contributed by atoms with Crippen molar-refractivity contribution in [1.82, 2.24) is 15.0 Å². The van der Waals surface area contributed by atoms with Crippen LogP contribution in [0.15, 0.2) is 42.5 Å². The minimum atomic E-state index is -0.109. The van der Waals surface area contributed by atoms with Crippen LogP contribution in [-0.2, 0) is 13.0 Å². The van der Waals surface area contributed by atoms with Gasteiger partial charge >= 0.3 is 0 Å². The molecule has 28 heavy (non-hydrogen) atoms. The van der Waals surface area contributed by atoms with Crippen LogP contribution in [0.4, 0.5) is 0 Å². The van der Waals surface area contributed by atoms with E-state index in [1.807, 2.05) is 25.1 Å². The Kier molecular flexibility index (Phi) is 6.67. The molecule has 2 aromatic carbocycles. The second kappa shape index (κ2) is 9.19. The molecule has 0 saturated heterocycles. The first-order chi connectivity index (χ1) is 13.5. The Bertz CT molecular complexity index is 971. The van der Waals surface area contributed by atoms with E-state index in [1.165, 1.54) is 0 Å². The molecule has 0 atom stereocenters. The number of rotatable bonds is 8. The summed E-state index contributed by atoms with van der Waals surface area (Å²) >= 11 is 12.0. The molecular formula is C20H19Cl2N3O3. The molecule has 3 aromatic rings. The molecule has 0 aliphatic carbocycles. The fourth-order valence-electron chi connectivity index (χ4n) is 2.72. The van der Waals surface area contributed by atoms with Gasteiger partial charge in [-0.15, -0.1) is 5.10 Å². The van der Waals surface area contributed by atoms with E-state index in [1.54, 1.807) is 28.9 Å². The van der Waals surface area contributed by atoms with E-state index in [0.717, 1.165) is 11.1 Å². The van der Waals surface area contributed by atoms with Crippen LogP contribution in [0, 0.1) is 6.92 Å².